The summed E-state index contributed by atoms with van der Waals surface area (Å²) in [6.07, 6.45) is 12.0. The molecule has 0 heterocycles. The van der Waals surface area contributed by atoms with Crippen LogP contribution in [0.3, 0.4) is 0 Å². The van der Waals surface area contributed by atoms with Crippen molar-refractivity contribution < 1.29 is 4.74 Å². The molecule has 1 rings (SSSR count). The lowest BCUT2D eigenvalue weighted by Gasteiger charge is -2.36. The average Bonchev–Trinajstić information content (AvgIpc) is 2.67. The fraction of sp³-hybridized carbons (Fsp3) is 0.750. The van der Waals surface area contributed by atoms with Gasteiger partial charge in [-0.3, -0.25) is 0 Å². The van der Waals surface area contributed by atoms with Crippen LogP contribution in [0.25, 0.3) is 0 Å². The minimum atomic E-state index is -0.501. The zero-order valence-corrected chi connectivity index (χ0v) is 17.8. The van der Waals surface area contributed by atoms with E-state index in [4.69, 9.17) is 10.5 Å². The fourth-order valence-electron chi connectivity index (χ4n) is 3.87. The number of rotatable bonds is 15. The van der Waals surface area contributed by atoms with Crippen LogP contribution in [-0.2, 0) is 11.3 Å². The molecule has 0 aliphatic heterocycles. The Hall–Kier alpha value is -0.860. The molecule has 2 nitrogen and oxygen atoms in total. The average molecular weight is 362 g/mol. The molecule has 0 fully saturated rings. The van der Waals surface area contributed by atoms with Crippen molar-refractivity contribution in [3.8, 4) is 0 Å². The first-order valence-corrected chi connectivity index (χ1v) is 11.0. The minimum absolute atomic E-state index is 0.501. The van der Waals surface area contributed by atoms with Gasteiger partial charge in [0.25, 0.3) is 0 Å². The summed E-state index contributed by atoms with van der Waals surface area (Å²) >= 11 is 0. The van der Waals surface area contributed by atoms with Gasteiger partial charge < -0.3 is 10.5 Å². The molecule has 26 heavy (non-hydrogen) atoms. The summed E-state index contributed by atoms with van der Waals surface area (Å²) in [6, 6.07) is 10.5. The Morgan fingerprint density at radius 3 is 1.77 bits per heavy atom. The molecule has 0 aromatic heterocycles. The molecule has 0 amide bonds. The highest BCUT2D eigenvalue weighted by molar-refractivity contribution is 5.13. The van der Waals surface area contributed by atoms with Gasteiger partial charge in [0.05, 0.1) is 6.61 Å². The fourth-order valence-corrected chi connectivity index (χ4v) is 3.87. The highest BCUT2D eigenvalue weighted by atomic mass is 16.5. The van der Waals surface area contributed by atoms with Crippen molar-refractivity contribution in [2.45, 2.75) is 104 Å². The van der Waals surface area contributed by atoms with Gasteiger partial charge in [-0.05, 0) is 30.2 Å². The maximum atomic E-state index is 6.92. The molecule has 0 radical (unpaired) electrons. The summed E-state index contributed by atoms with van der Waals surface area (Å²) in [6.45, 7) is 9.75. The van der Waals surface area contributed by atoms with Crippen LogP contribution in [-0.4, -0.2) is 5.72 Å². The molecule has 1 aromatic carbocycles. The van der Waals surface area contributed by atoms with Gasteiger partial charge in [-0.2, -0.15) is 0 Å². The lowest BCUT2D eigenvalue weighted by atomic mass is 9.83. The second kappa shape index (κ2) is 13.3. The first-order chi connectivity index (χ1) is 12.6. The van der Waals surface area contributed by atoms with Gasteiger partial charge in [-0.25, -0.2) is 0 Å². The van der Waals surface area contributed by atoms with Crippen LogP contribution in [0, 0.1) is 11.8 Å². The Kier molecular flexibility index (Phi) is 11.9. The topological polar surface area (TPSA) is 35.2 Å². The zero-order valence-electron chi connectivity index (χ0n) is 17.8. The smallest absolute Gasteiger partial charge is 0.117 e. The summed E-state index contributed by atoms with van der Waals surface area (Å²) in [5, 5.41) is 0. The number of unbranched alkanes of at least 4 members (excludes halogenated alkanes) is 2. The Bertz CT molecular complexity index is 427. The van der Waals surface area contributed by atoms with E-state index in [1.165, 1.54) is 56.9 Å². The van der Waals surface area contributed by atoms with Crippen LogP contribution in [0.5, 0.6) is 0 Å². The predicted molar refractivity (Wildman–Crippen MR) is 114 cm³/mol. The summed E-state index contributed by atoms with van der Waals surface area (Å²) in [7, 11) is 0. The highest BCUT2D eigenvalue weighted by Gasteiger charge is 2.31. The Morgan fingerprint density at radius 2 is 1.35 bits per heavy atom. The van der Waals surface area contributed by atoms with E-state index in [0.29, 0.717) is 18.4 Å². The molecule has 150 valence electrons. The van der Waals surface area contributed by atoms with Crippen molar-refractivity contribution in [3.05, 3.63) is 35.9 Å². The molecule has 1 aromatic rings. The van der Waals surface area contributed by atoms with E-state index >= 15 is 0 Å². The maximum Gasteiger partial charge on any atom is 0.117 e. The largest absolute Gasteiger partial charge is 0.356 e. The van der Waals surface area contributed by atoms with Gasteiger partial charge >= 0.3 is 0 Å². The molecule has 0 spiro atoms. The van der Waals surface area contributed by atoms with Crippen molar-refractivity contribution in [1.29, 1.82) is 0 Å². The number of ether oxygens (including phenoxy) is 1. The summed E-state index contributed by atoms with van der Waals surface area (Å²) in [4.78, 5) is 0. The van der Waals surface area contributed by atoms with E-state index in [1.807, 2.05) is 0 Å². The normalized spacial score (nSPS) is 16.2. The third kappa shape index (κ3) is 9.19. The van der Waals surface area contributed by atoms with Gasteiger partial charge in [0.1, 0.15) is 5.72 Å². The van der Waals surface area contributed by atoms with Crippen LogP contribution < -0.4 is 5.73 Å². The van der Waals surface area contributed by atoms with Gasteiger partial charge in [0.15, 0.2) is 0 Å². The Morgan fingerprint density at radius 1 is 0.846 bits per heavy atom. The lowest BCUT2D eigenvalue weighted by Crippen LogP contribution is -2.46. The molecular formula is C24H43NO. The number of hydrogen-bond acceptors (Lipinski definition) is 2. The molecule has 0 aliphatic rings. The second-order valence-corrected chi connectivity index (χ2v) is 8.08. The van der Waals surface area contributed by atoms with Crippen molar-refractivity contribution in [3.63, 3.8) is 0 Å². The number of hydrogen-bond donors (Lipinski definition) is 1. The highest BCUT2D eigenvalue weighted by Crippen LogP contribution is 2.32. The first-order valence-electron chi connectivity index (χ1n) is 11.0. The molecule has 0 aliphatic carbocycles. The summed E-state index contributed by atoms with van der Waals surface area (Å²) < 4.78 is 6.42. The quantitative estimate of drug-likeness (QED) is 0.339. The van der Waals surface area contributed by atoms with E-state index in [9.17, 15) is 0 Å². The SMILES string of the molecule is CCCCC(CC)CC(N)(CC(CC)CCCC)OCc1ccccc1. The number of benzene rings is 1. The third-order valence-corrected chi connectivity index (χ3v) is 5.72. The molecule has 2 heteroatoms. The number of nitrogens with two attached hydrogens (primary N) is 1. The van der Waals surface area contributed by atoms with Crippen LogP contribution >= 0.6 is 0 Å². The Labute approximate surface area is 162 Å². The van der Waals surface area contributed by atoms with Crippen molar-refractivity contribution >= 4 is 0 Å². The second-order valence-electron chi connectivity index (χ2n) is 8.08. The van der Waals surface area contributed by atoms with Gasteiger partial charge in [-0.1, -0.05) is 109 Å². The van der Waals surface area contributed by atoms with Gasteiger partial charge in [-0.15, -0.1) is 0 Å². The Balaban J connectivity index is 2.79. The molecular weight excluding hydrogens is 318 g/mol. The van der Waals surface area contributed by atoms with Crippen molar-refractivity contribution in [2.24, 2.45) is 17.6 Å². The molecule has 0 bridgehead atoms. The first kappa shape index (κ1) is 23.2. The van der Waals surface area contributed by atoms with Gasteiger partial charge in [0.2, 0.25) is 0 Å². The van der Waals surface area contributed by atoms with E-state index < -0.39 is 5.72 Å². The maximum absolute atomic E-state index is 6.92. The molecule has 2 N–H and O–H groups in total. The van der Waals surface area contributed by atoms with Crippen LogP contribution in [0.15, 0.2) is 30.3 Å². The van der Waals surface area contributed by atoms with E-state index in [1.54, 1.807) is 0 Å². The zero-order chi connectivity index (χ0) is 19.3. The van der Waals surface area contributed by atoms with Crippen LogP contribution in [0.1, 0.15) is 97.5 Å². The van der Waals surface area contributed by atoms with E-state index in [2.05, 4.69) is 58.0 Å². The van der Waals surface area contributed by atoms with Crippen LogP contribution in [0.4, 0.5) is 0 Å². The monoisotopic (exact) mass is 361 g/mol. The molecule has 0 saturated heterocycles. The molecule has 0 saturated carbocycles. The predicted octanol–water partition coefficient (Wildman–Crippen LogP) is 7.07. The minimum Gasteiger partial charge on any atom is -0.356 e. The summed E-state index contributed by atoms with van der Waals surface area (Å²) in [5.41, 5.74) is 7.63. The summed E-state index contributed by atoms with van der Waals surface area (Å²) in [5.74, 6) is 1.33. The van der Waals surface area contributed by atoms with Gasteiger partial charge in [0, 0.05) is 0 Å². The standard InChI is InChI=1S/C24H43NO/c1-5-9-14-21(7-3)18-24(25,19-22(8-4)15-10-6-2)26-20-23-16-12-11-13-17-23/h11-13,16-17,21-22H,5-10,14-15,18-20,25H2,1-4H3. The molecule has 2 atom stereocenters. The molecule has 2 unspecified atom stereocenters. The van der Waals surface area contributed by atoms with E-state index in [0.717, 1.165) is 12.8 Å². The third-order valence-electron chi connectivity index (χ3n) is 5.72. The lowest BCUT2D eigenvalue weighted by molar-refractivity contribution is -0.0850. The van der Waals surface area contributed by atoms with Crippen molar-refractivity contribution in [2.75, 3.05) is 0 Å². The van der Waals surface area contributed by atoms with Crippen molar-refractivity contribution in [1.82, 2.24) is 0 Å². The van der Waals surface area contributed by atoms with E-state index in [-0.39, 0.29) is 0 Å². The van der Waals surface area contributed by atoms with Crippen LogP contribution in [0.2, 0.25) is 0 Å².